The van der Waals surface area contributed by atoms with E-state index in [0.717, 1.165) is 6.42 Å². The molecule has 0 nitrogen and oxygen atoms in total. The molecule has 0 aromatic heterocycles. The summed E-state index contributed by atoms with van der Waals surface area (Å²) in [4.78, 5) is 0. The lowest BCUT2D eigenvalue weighted by Gasteiger charge is -1.69. The van der Waals surface area contributed by atoms with Gasteiger partial charge < -0.3 is 0 Å². The van der Waals surface area contributed by atoms with Crippen molar-refractivity contribution in [1.29, 1.82) is 0 Å². The van der Waals surface area contributed by atoms with Crippen LogP contribution in [0.3, 0.4) is 0 Å². The Labute approximate surface area is 45.5 Å². The fourth-order valence-corrected chi connectivity index (χ4v) is 0.282. The molecule has 7 heavy (non-hydrogen) atoms. The summed E-state index contributed by atoms with van der Waals surface area (Å²) in [5.41, 5.74) is 0. The molecular formula is C7H11. The fourth-order valence-electron chi connectivity index (χ4n) is 0.282. The first-order valence-corrected chi connectivity index (χ1v) is 2.59. The van der Waals surface area contributed by atoms with Crippen molar-refractivity contribution in [3.05, 3.63) is 24.3 Å². The maximum Gasteiger partial charge on any atom is -0.0305 e. The molecule has 0 spiro atoms. The Morgan fingerprint density at radius 1 is 1.57 bits per heavy atom. The fraction of sp³-hybridized carbons (Fsp3) is 0.429. The summed E-state index contributed by atoms with van der Waals surface area (Å²) in [5, 5.41) is 0. The van der Waals surface area contributed by atoms with E-state index in [1.54, 1.807) is 0 Å². The summed E-state index contributed by atoms with van der Waals surface area (Å²) in [6.45, 7) is 4.06. The first-order valence-electron chi connectivity index (χ1n) is 2.59. The van der Waals surface area contributed by atoms with E-state index in [4.69, 9.17) is 0 Å². The summed E-state index contributed by atoms with van der Waals surface area (Å²) in [7, 11) is 0. The Hall–Kier alpha value is -0.520. The topological polar surface area (TPSA) is 0 Å². The van der Waals surface area contributed by atoms with Crippen LogP contribution in [0, 0.1) is 6.08 Å². The first-order chi connectivity index (χ1) is 3.41. The molecule has 0 fully saturated rings. The van der Waals surface area contributed by atoms with Crippen molar-refractivity contribution >= 4 is 0 Å². The molecule has 0 aromatic carbocycles. The van der Waals surface area contributed by atoms with Gasteiger partial charge in [0.05, 0.1) is 0 Å². The highest BCUT2D eigenvalue weighted by Crippen LogP contribution is 1.77. The SMILES string of the molecule is C/C=C/C=[C]\CC. The molecule has 0 saturated carbocycles. The van der Waals surface area contributed by atoms with Crippen LogP contribution in [0.4, 0.5) is 0 Å². The van der Waals surface area contributed by atoms with Gasteiger partial charge in [-0.3, -0.25) is 0 Å². The van der Waals surface area contributed by atoms with Crippen LogP contribution in [0.1, 0.15) is 20.3 Å². The number of allylic oxidation sites excluding steroid dienone is 4. The Bertz CT molecular complexity index is 68.1. The van der Waals surface area contributed by atoms with Crippen molar-refractivity contribution in [2.24, 2.45) is 0 Å². The van der Waals surface area contributed by atoms with Crippen molar-refractivity contribution in [2.45, 2.75) is 20.3 Å². The standard InChI is InChI=1S/C7H11/c1-3-5-7-6-4-2/h3,5,7H,4H2,1-2H3/b5-3+,7-6?. The Morgan fingerprint density at radius 2 is 2.29 bits per heavy atom. The average molecular weight is 95.2 g/mol. The third-order valence-electron chi connectivity index (χ3n) is 0.611. The molecule has 0 aliphatic rings. The second kappa shape index (κ2) is 5.48. The van der Waals surface area contributed by atoms with Gasteiger partial charge in [0.15, 0.2) is 0 Å². The lowest BCUT2D eigenvalue weighted by atomic mass is 10.4. The molecule has 0 aliphatic heterocycles. The normalized spacial score (nSPS) is 11.7. The lowest BCUT2D eigenvalue weighted by molar-refractivity contribution is 1.19. The monoisotopic (exact) mass is 95.1 g/mol. The zero-order valence-electron chi connectivity index (χ0n) is 4.94. The van der Waals surface area contributed by atoms with Crippen LogP contribution in [0.5, 0.6) is 0 Å². The van der Waals surface area contributed by atoms with Crippen LogP contribution < -0.4 is 0 Å². The number of hydrogen-bond acceptors (Lipinski definition) is 0. The molecule has 0 amide bonds. The van der Waals surface area contributed by atoms with Gasteiger partial charge in [-0.15, -0.1) is 0 Å². The van der Waals surface area contributed by atoms with Crippen LogP contribution in [0.2, 0.25) is 0 Å². The van der Waals surface area contributed by atoms with Crippen LogP contribution in [-0.2, 0) is 0 Å². The highest BCUT2D eigenvalue weighted by Gasteiger charge is 1.59. The van der Waals surface area contributed by atoms with E-state index in [-0.39, 0.29) is 0 Å². The minimum atomic E-state index is 1.00. The quantitative estimate of drug-likeness (QED) is 0.462. The van der Waals surface area contributed by atoms with Crippen molar-refractivity contribution in [2.75, 3.05) is 0 Å². The van der Waals surface area contributed by atoms with Gasteiger partial charge in [-0.25, -0.2) is 0 Å². The van der Waals surface area contributed by atoms with E-state index in [1.165, 1.54) is 0 Å². The smallest absolute Gasteiger partial charge is 0.0305 e. The van der Waals surface area contributed by atoms with Gasteiger partial charge >= 0.3 is 0 Å². The second-order valence-corrected chi connectivity index (χ2v) is 1.25. The molecule has 0 unspecified atom stereocenters. The molecule has 0 saturated heterocycles. The zero-order valence-corrected chi connectivity index (χ0v) is 4.94. The van der Waals surface area contributed by atoms with E-state index in [0.29, 0.717) is 0 Å². The lowest BCUT2D eigenvalue weighted by Crippen LogP contribution is -1.50. The van der Waals surface area contributed by atoms with Gasteiger partial charge in [-0.05, 0) is 19.4 Å². The van der Waals surface area contributed by atoms with Gasteiger partial charge in [0, 0.05) is 0 Å². The molecule has 0 atom stereocenters. The largest absolute Gasteiger partial charge is 0.0877 e. The molecule has 0 heterocycles. The summed E-state index contributed by atoms with van der Waals surface area (Å²) >= 11 is 0. The van der Waals surface area contributed by atoms with Crippen LogP contribution >= 0.6 is 0 Å². The number of hydrogen-bond donors (Lipinski definition) is 0. The van der Waals surface area contributed by atoms with Crippen molar-refractivity contribution < 1.29 is 0 Å². The zero-order chi connectivity index (χ0) is 5.54. The molecule has 0 rings (SSSR count). The first kappa shape index (κ1) is 6.48. The Balaban J connectivity index is 3.09. The highest BCUT2D eigenvalue weighted by molar-refractivity contribution is 4.96. The molecule has 0 N–H and O–H groups in total. The minimum absolute atomic E-state index is 1.00. The van der Waals surface area contributed by atoms with Crippen LogP contribution in [-0.4, -0.2) is 0 Å². The van der Waals surface area contributed by atoms with Gasteiger partial charge in [0.1, 0.15) is 0 Å². The molecule has 0 aliphatic carbocycles. The maximum absolute atomic E-state index is 3.04. The predicted molar refractivity (Wildman–Crippen MR) is 32.9 cm³/mol. The van der Waals surface area contributed by atoms with E-state index in [2.05, 4.69) is 13.0 Å². The van der Waals surface area contributed by atoms with E-state index < -0.39 is 0 Å². The van der Waals surface area contributed by atoms with Gasteiger partial charge in [0.2, 0.25) is 0 Å². The van der Waals surface area contributed by atoms with Crippen molar-refractivity contribution in [3.8, 4) is 0 Å². The Morgan fingerprint density at radius 3 is 2.71 bits per heavy atom. The molecular weight excluding hydrogens is 84.1 g/mol. The average Bonchev–Trinajstić information content (AvgIpc) is 1.69. The van der Waals surface area contributed by atoms with Crippen LogP contribution in [0.25, 0.3) is 0 Å². The van der Waals surface area contributed by atoms with Gasteiger partial charge in [-0.1, -0.05) is 25.2 Å². The third-order valence-corrected chi connectivity index (χ3v) is 0.611. The molecule has 0 heteroatoms. The molecule has 1 radical (unpaired) electrons. The summed E-state index contributed by atoms with van der Waals surface area (Å²) in [6.07, 6.45) is 9.94. The Kier molecular flexibility index (Phi) is 5.07. The minimum Gasteiger partial charge on any atom is -0.0877 e. The van der Waals surface area contributed by atoms with E-state index >= 15 is 0 Å². The van der Waals surface area contributed by atoms with E-state index in [1.807, 2.05) is 25.2 Å². The van der Waals surface area contributed by atoms with Gasteiger partial charge in [-0.2, -0.15) is 0 Å². The van der Waals surface area contributed by atoms with Crippen molar-refractivity contribution in [3.63, 3.8) is 0 Å². The second-order valence-electron chi connectivity index (χ2n) is 1.25. The van der Waals surface area contributed by atoms with Crippen LogP contribution in [0.15, 0.2) is 18.2 Å². The maximum atomic E-state index is 3.04. The molecule has 0 aromatic rings. The molecule has 0 bridgehead atoms. The molecule has 39 valence electrons. The third kappa shape index (κ3) is 5.48. The summed E-state index contributed by atoms with van der Waals surface area (Å²) in [5.74, 6) is 0. The number of rotatable bonds is 2. The highest BCUT2D eigenvalue weighted by atomic mass is 13.6. The predicted octanol–water partition coefficient (Wildman–Crippen LogP) is 2.33. The summed E-state index contributed by atoms with van der Waals surface area (Å²) in [6, 6.07) is 0. The van der Waals surface area contributed by atoms with Crippen molar-refractivity contribution in [1.82, 2.24) is 0 Å². The van der Waals surface area contributed by atoms with E-state index in [9.17, 15) is 0 Å². The summed E-state index contributed by atoms with van der Waals surface area (Å²) < 4.78 is 0. The van der Waals surface area contributed by atoms with Gasteiger partial charge in [0.25, 0.3) is 0 Å².